The van der Waals surface area contributed by atoms with Crippen LogP contribution in [-0.4, -0.2) is 32.2 Å². The van der Waals surface area contributed by atoms with Crippen LogP contribution in [0, 0.1) is 5.92 Å². The van der Waals surface area contributed by atoms with E-state index in [4.69, 9.17) is 0 Å². The average molecular weight is 175 g/mol. The molecule has 0 aliphatic heterocycles. The first-order valence-corrected chi connectivity index (χ1v) is 6.75. The van der Waals surface area contributed by atoms with Crippen LogP contribution < -0.4 is 5.32 Å². The van der Waals surface area contributed by atoms with Crippen molar-refractivity contribution in [2.75, 3.05) is 26.4 Å². The lowest BCUT2D eigenvalue weighted by atomic mass is 10.2. The van der Waals surface area contributed by atoms with Gasteiger partial charge in [0.05, 0.1) is 0 Å². The third kappa shape index (κ3) is 8.16. The van der Waals surface area contributed by atoms with Crippen molar-refractivity contribution in [2.45, 2.75) is 20.3 Å². The van der Waals surface area contributed by atoms with Crippen LogP contribution in [0.3, 0.4) is 0 Å². The van der Waals surface area contributed by atoms with E-state index >= 15 is 0 Å². The molecule has 0 amide bonds. The second-order valence-corrected chi connectivity index (χ2v) is 6.13. The van der Waals surface area contributed by atoms with Crippen molar-refractivity contribution in [1.29, 1.82) is 0 Å². The average Bonchev–Trinajstić information content (AvgIpc) is 1.97. The van der Waals surface area contributed by atoms with Gasteiger partial charge >= 0.3 is 0 Å². The SMILES string of the molecule is CNCC/[PH](C)=C\CC(C)C. The van der Waals surface area contributed by atoms with Crippen LogP contribution in [0.4, 0.5) is 0 Å². The zero-order chi connectivity index (χ0) is 8.69. The molecule has 0 aromatic heterocycles. The Hall–Kier alpha value is 0.260. The molecule has 0 aliphatic rings. The Labute approximate surface area is 72.0 Å². The molecule has 11 heavy (non-hydrogen) atoms. The van der Waals surface area contributed by atoms with Crippen LogP contribution in [0.25, 0.3) is 0 Å². The highest BCUT2D eigenvalue weighted by Gasteiger charge is 1.90. The van der Waals surface area contributed by atoms with Gasteiger partial charge in [-0.15, -0.1) is 7.55 Å². The van der Waals surface area contributed by atoms with Crippen LogP contribution in [-0.2, 0) is 0 Å². The van der Waals surface area contributed by atoms with E-state index in [9.17, 15) is 0 Å². The first-order valence-electron chi connectivity index (χ1n) is 4.47. The molecule has 1 atom stereocenters. The summed E-state index contributed by atoms with van der Waals surface area (Å²) in [4.78, 5) is 0. The largest absolute Gasteiger partial charge is 0.319 e. The molecule has 0 saturated carbocycles. The summed E-state index contributed by atoms with van der Waals surface area (Å²) in [5.41, 5.74) is 0. The second-order valence-electron chi connectivity index (χ2n) is 3.53. The number of hydrogen-bond acceptors (Lipinski definition) is 1. The Morgan fingerprint density at radius 3 is 2.55 bits per heavy atom. The van der Waals surface area contributed by atoms with Gasteiger partial charge in [-0.1, -0.05) is 19.6 Å². The lowest BCUT2D eigenvalue weighted by molar-refractivity contribution is 0.694. The summed E-state index contributed by atoms with van der Waals surface area (Å²) < 4.78 is 0. The summed E-state index contributed by atoms with van der Waals surface area (Å²) in [6.45, 7) is 8.14. The third-order valence-corrected chi connectivity index (χ3v) is 3.68. The molecule has 0 fully saturated rings. The van der Waals surface area contributed by atoms with E-state index in [1.807, 2.05) is 7.05 Å². The van der Waals surface area contributed by atoms with Crippen LogP contribution in [0.1, 0.15) is 20.3 Å². The zero-order valence-corrected chi connectivity index (χ0v) is 9.28. The van der Waals surface area contributed by atoms with E-state index in [0.29, 0.717) is 0 Å². The molecule has 0 radical (unpaired) electrons. The van der Waals surface area contributed by atoms with Gasteiger partial charge in [-0.2, -0.15) is 0 Å². The molecule has 1 N–H and O–H groups in total. The maximum atomic E-state index is 3.19. The highest BCUT2D eigenvalue weighted by molar-refractivity contribution is 7.56. The molecule has 0 aromatic carbocycles. The summed E-state index contributed by atoms with van der Waals surface area (Å²) >= 11 is 0. The lowest BCUT2D eigenvalue weighted by Gasteiger charge is -2.03. The van der Waals surface area contributed by atoms with Crippen LogP contribution in [0.2, 0.25) is 0 Å². The Morgan fingerprint density at radius 1 is 1.45 bits per heavy atom. The number of rotatable bonds is 5. The fourth-order valence-electron chi connectivity index (χ4n) is 0.861. The first kappa shape index (κ1) is 11.3. The fraction of sp³-hybridized carbons (Fsp3) is 0.889. The fourth-order valence-corrected chi connectivity index (χ4v) is 2.58. The van der Waals surface area contributed by atoms with E-state index < -0.39 is 0 Å². The third-order valence-electron chi connectivity index (χ3n) is 1.71. The predicted octanol–water partition coefficient (Wildman–Crippen LogP) is 1.90. The van der Waals surface area contributed by atoms with Crippen molar-refractivity contribution >= 4 is 13.3 Å². The molecule has 0 spiro atoms. The van der Waals surface area contributed by atoms with Gasteiger partial charge in [-0.25, -0.2) is 0 Å². The van der Waals surface area contributed by atoms with Gasteiger partial charge in [0.2, 0.25) is 0 Å². The van der Waals surface area contributed by atoms with E-state index in [-0.39, 0.29) is 7.55 Å². The highest BCUT2D eigenvalue weighted by atomic mass is 31.1. The number of hydrogen-bond donors (Lipinski definition) is 1. The van der Waals surface area contributed by atoms with Crippen molar-refractivity contribution in [3.8, 4) is 0 Å². The monoisotopic (exact) mass is 175 g/mol. The van der Waals surface area contributed by atoms with Crippen molar-refractivity contribution in [3.05, 3.63) is 0 Å². The highest BCUT2D eigenvalue weighted by Crippen LogP contribution is 2.16. The molecule has 0 bridgehead atoms. The molecule has 0 rings (SSSR count). The van der Waals surface area contributed by atoms with Gasteiger partial charge in [-0.3, -0.25) is 0 Å². The molecule has 0 saturated heterocycles. The molecule has 0 heterocycles. The molecular formula is C9H22NP. The predicted molar refractivity (Wildman–Crippen MR) is 58.6 cm³/mol. The Balaban J connectivity index is 3.46. The summed E-state index contributed by atoms with van der Waals surface area (Å²) in [6.07, 6.45) is 2.67. The summed E-state index contributed by atoms with van der Waals surface area (Å²) in [6, 6.07) is 0. The van der Waals surface area contributed by atoms with Gasteiger partial charge in [-0.05, 0) is 38.8 Å². The standard InChI is InChI=1S/C9H22NP/c1-9(2)5-7-11(4)8-6-10-3/h7,9-11H,5-6,8H2,1-4H3. The molecule has 1 unspecified atom stereocenters. The molecule has 1 nitrogen and oxygen atoms in total. The molecular weight excluding hydrogens is 153 g/mol. The van der Waals surface area contributed by atoms with Crippen molar-refractivity contribution in [1.82, 2.24) is 5.32 Å². The Morgan fingerprint density at radius 2 is 2.09 bits per heavy atom. The maximum Gasteiger partial charge on any atom is -0.00152 e. The summed E-state index contributed by atoms with van der Waals surface area (Å²) in [7, 11) is 1.89. The zero-order valence-electron chi connectivity index (χ0n) is 8.28. The van der Waals surface area contributed by atoms with Crippen LogP contribution >= 0.6 is 7.55 Å². The van der Waals surface area contributed by atoms with Gasteiger partial charge in [0.15, 0.2) is 0 Å². The smallest absolute Gasteiger partial charge is 0.00152 e. The summed E-state index contributed by atoms with van der Waals surface area (Å²) in [5, 5.41) is 3.19. The molecule has 0 aromatic rings. The van der Waals surface area contributed by atoms with Crippen molar-refractivity contribution < 1.29 is 0 Å². The van der Waals surface area contributed by atoms with Gasteiger partial charge in [0, 0.05) is 0 Å². The van der Waals surface area contributed by atoms with Gasteiger partial charge in [0.1, 0.15) is 0 Å². The van der Waals surface area contributed by atoms with E-state index in [1.54, 1.807) is 0 Å². The topological polar surface area (TPSA) is 12.0 Å². The summed E-state index contributed by atoms with van der Waals surface area (Å²) in [5.74, 6) is 3.37. The number of nitrogens with one attached hydrogen (secondary N) is 1. The van der Waals surface area contributed by atoms with Crippen molar-refractivity contribution in [3.63, 3.8) is 0 Å². The second kappa shape index (κ2) is 6.94. The quantitative estimate of drug-likeness (QED) is 0.629. The van der Waals surface area contributed by atoms with Crippen molar-refractivity contribution in [2.24, 2.45) is 5.92 Å². The molecule has 2 heteroatoms. The minimum atomic E-state index is -0.135. The van der Waals surface area contributed by atoms with E-state index in [1.165, 1.54) is 19.1 Å². The lowest BCUT2D eigenvalue weighted by Crippen LogP contribution is -2.09. The van der Waals surface area contributed by atoms with Crippen LogP contribution in [0.5, 0.6) is 0 Å². The van der Waals surface area contributed by atoms with Crippen LogP contribution in [0.15, 0.2) is 0 Å². The molecule has 0 aliphatic carbocycles. The first-order chi connectivity index (χ1) is 5.16. The van der Waals surface area contributed by atoms with E-state index in [0.717, 1.165) is 5.92 Å². The maximum absolute atomic E-state index is 3.19. The molecule has 68 valence electrons. The Bertz CT molecular complexity index is 119. The van der Waals surface area contributed by atoms with E-state index in [2.05, 4.69) is 31.6 Å². The minimum Gasteiger partial charge on any atom is -0.319 e. The Kier molecular flexibility index (Phi) is 7.10. The normalized spacial score (nSPS) is 14.3. The van der Waals surface area contributed by atoms with Gasteiger partial charge in [0.25, 0.3) is 0 Å². The van der Waals surface area contributed by atoms with Gasteiger partial charge < -0.3 is 5.32 Å². The minimum absolute atomic E-state index is 0.135.